The maximum atomic E-state index is 11.5. The summed E-state index contributed by atoms with van der Waals surface area (Å²) in [5, 5.41) is 0. The first-order valence-corrected chi connectivity index (χ1v) is 5.70. The summed E-state index contributed by atoms with van der Waals surface area (Å²) in [6, 6.07) is 0. The molecule has 0 radical (unpaired) electrons. The van der Waals surface area contributed by atoms with E-state index in [2.05, 4.69) is 19.9 Å². The minimum absolute atomic E-state index is 0.0487. The van der Waals surface area contributed by atoms with Crippen LogP contribution in [0.1, 0.15) is 22.8 Å². The van der Waals surface area contributed by atoms with E-state index < -0.39 is 5.97 Å². The molecule has 7 heteroatoms. The van der Waals surface area contributed by atoms with Crippen LogP contribution in [-0.4, -0.2) is 32.5 Å². The molecule has 0 unspecified atom stereocenters. The predicted molar refractivity (Wildman–Crippen MR) is 68.2 cm³/mol. The molecule has 2 rings (SSSR count). The van der Waals surface area contributed by atoms with Gasteiger partial charge in [-0.05, 0) is 19.4 Å². The SMILES string of the molecule is CCOC(=O)c1cnc(-c2ncc(C)cn2)nc1N. The Bertz CT molecular complexity index is 598. The van der Waals surface area contributed by atoms with Crippen LogP contribution in [0.5, 0.6) is 0 Å². The maximum Gasteiger partial charge on any atom is 0.343 e. The van der Waals surface area contributed by atoms with E-state index in [9.17, 15) is 4.79 Å². The number of ether oxygens (including phenoxy) is 1. The number of esters is 1. The van der Waals surface area contributed by atoms with Crippen molar-refractivity contribution in [2.45, 2.75) is 13.8 Å². The first-order valence-electron chi connectivity index (χ1n) is 5.70. The lowest BCUT2D eigenvalue weighted by Gasteiger charge is -2.05. The fourth-order valence-corrected chi connectivity index (χ4v) is 1.38. The van der Waals surface area contributed by atoms with Crippen LogP contribution in [0, 0.1) is 6.92 Å². The molecule has 0 bridgehead atoms. The number of carbonyl (C=O) groups excluding carboxylic acids is 1. The van der Waals surface area contributed by atoms with Crippen molar-refractivity contribution in [1.82, 2.24) is 19.9 Å². The first kappa shape index (κ1) is 12.9. The Hall–Kier alpha value is -2.57. The zero-order chi connectivity index (χ0) is 13.8. The Morgan fingerprint density at radius 1 is 1.21 bits per heavy atom. The second-order valence-electron chi connectivity index (χ2n) is 3.80. The van der Waals surface area contributed by atoms with Crippen molar-refractivity contribution in [2.24, 2.45) is 0 Å². The maximum absolute atomic E-state index is 11.5. The van der Waals surface area contributed by atoms with Gasteiger partial charge in [-0.25, -0.2) is 24.7 Å². The van der Waals surface area contributed by atoms with Crippen molar-refractivity contribution < 1.29 is 9.53 Å². The third kappa shape index (κ3) is 2.82. The van der Waals surface area contributed by atoms with Crippen LogP contribution >= 0.6 is 0 Å². The Balaban J connectivity index is 2.33. The molecule has 0 saturated carbocycles. The second-order valence-corrected chi connectivity index (χ2v) is 3.80. The number of aryl methyl sites for hydroxylation is 1. The van der Waals surface area contributed by atoms with Gasteiger partial charge in [0.15, 0.2) is 11.6 Å². The number of nitrogens with two attached hydrogens (primary N) is 1. The molecule has 19 heavy (non-hydrogen) atoms. The normalized spacial score (nSPS) is 10.2. The number of nitrogens with zero attached hydrogens (tertiary/aromatic N) is 4. The standard InChI is InChI=1S/C12H13N5O2/c1-3-19-12(18)8-6-16-11(17-9(8)13)10-14-4-7(2)5-15-10/h4-6H,3H2,1-2H3,(H2,13,16,17). The number of rotatable bonds is 3. The van der Waals surface area contributed by atoms with E-state index in [1.807, 2.05) is 6.92 Å². The monoisotopic (exact) mass is 259 g/mol. The van der Waals surface area contributed by atoms with Crippen LogP contribution in [0.4, 0.5) is 5.82 Å². The average molecular weight is 259 g/mol. The van der Waals surface area contributed by atoms with Crippen molar-refractivity contribution >= 4 is 11.8 Å². The largest absolute Gasteiger partial charge is 0.462 e. The fourth-order valence-electron chi connectivity index (χ4n) is 1.38. The summed E-state index contributed by atoms with van der Waals surface area (Å²) in [6.45, 7) is 3.85. The van der Waals surface area contributed by atoms with Gasteiger partial charge in [-0.2, -0.15) is 0 Å². The topological polar surface area (TPSA) is 104 Å². The Morgan fingerprint density at radius 2 is 1.84 bits per heavy atom. The van der Waals surface area contributed by atoms with Gasteiger partial charge in [-0.1, -0.05) is 0 Å². The Morgan fingerprint density at radius 3 is 2.42 bits per heavy atom. The summed E-state index contributed by atoms with van der Waals surface area (Å²) in [6.07, 6.45) is 4.63. The zero-order valence-corrected chi connectivity index (χ0v) is 10.6. The molecular formula is C12H13N5O2. The number of hydrogen-bond acceptors (Lipinski definition) is 7. The second kappa shape index (κ2) is 5.38. The van der Waals surface area contributed by atoms with Crippen LogP contribution in [0.25, 0.3) is 11.6 Å². The van der Waals surface area contributed by atoms with Crippen molar-refractivity contribution in [1.29, 1.82) is 0 Å². The number of hydrogen-bond donors (Lipinski definition) is 1. The molecule has 98 valence electrons. The smallest absolute Gasteiger partial charge is 0.343 e. The van der Waals surface area contributed by atoms with E-state index in [0.29, 0.717) is 5.82 Å². The molecular weight excluding hydrogens is 246 g/mol. The quantitative estimate of drug-likeness (QED) is 0.820. The summed E-state index contributed by atoms with van der Waals surface area (Å²) in [5.41, 5.74) is 6.78. The zero-order valence-electron chi connectivity index (χ0n) is 10.6. The molecule has 0 aromatic carbocycles. The molecule has 2 heterocycles. The van der Waals surface area contributed by atoms with E-state index in [-0.39, 0.29) is 23.8 Å². The first-order chi connectivity index (χ1) is 9.11. The molecule has 0 saturated heterocycles. The highest BCUT2D eigenvalue weighted by Crippen LogP contribution is 2.14. The van der Waals surface area contributed by atoms with Gasteiger partial charge in [0.05, 0.1) is 6.61 Å². The summed E-state index contributed by atoms with van der Waals surface area (Å²) in [7, 11) is 0. The predicted octanol–water partition coefficient (Wildman–Crippen LogP) is 1.00. The summed E-state index contributed by atoms with van der Waals surface area (Å²) in [4.78, 5) is 27.8. The van der Waals surface area contributed by atoms with Crippen molar-refractivity contribution in [2.75, 3.05) is 12.3 Å². The van der Waals surface area contributed by atoms with Crippen molar-refractivity contribution in [3.8, 4) is 11.6 Å². The van der Waals surface area contributed by atoms with Crippen molar-refractivity contribution in [3.63, 3.8) is 0 Å². The lowest BCUT2D eigenvalue weighted by molar-refractivity contribution is 0.0527. The number of nitrogen functional groups attached to an aromatic ring is 1. The third-order valence-electron chi connectivity index (χ3n) is 2.29. The summed E-state index contributed by atoms with van der Waals surface area (Å²) in [5.74, 6) is 0.127. The van der Waals surface area contributed by atoms with Gasteiger partial charge in [0.1, 0.15) is 11.4 Å². The molecule has 0 atom stereocenters. The van der Waals surface area contributed by atoms with Crippen LogP contribution in [0.3, 0.4) is 0 Å². The molecule has 0 spiro atoms. The lowest BCUT2D eigenvalue weighted by atomic mass is 10.3. The third-order valence-corrected chi connectivity index (χ3v) is 2.29. The van der Waals surface area contributed by atoms with Gasteiger partial charge in [-0.3, -0.25) is 0 Å². The highest BCUT2D eigenvalue weighted by Gasteiger charge is 2.15. The molecule has 2 aromatic heterocycles. The van der Waals surface area contributed by atoms with Gasteiger partial charge in [0, 0.05) is 18.6 Å². The van der Waals surface area contributed by atoms with Gasteiger partial charge < -0.3 is 10.5 Å². The van der Waals surface area contributed by atoms with E-state index in [1.165, 1.54) is 6.20 Å². The average Bonchev–Trinajstić information content (AvgIpc) is 2.39. The van der Waals surface area contributed by atoms with Crippen molar-refractivity contribution in [3.05, 3.63) is 29.7 Å². The van der Waals surface area contributed by atoms with Crippen LogP contribution < -0.4 is 5.73 Å². The Labute approximate surface area is 109 Å². The molecule has 0 fully saturated rings. The van der Waals surface area contributed by atoms with Gasteiger partial charge in [-0.15, -0.1) is 0 Å². The van der Waals surface area contributed by atoms with E-state index in [1.54, 1.807) is 19.3 Å². The highest BCUT2D eigenvalue weighted by atomic mass is 16.5. The van der Waals surface area contributed by atoms with E-state index in [4.69, 9.17) is 10.5 Å². The molecule has 2 N–H and O–H groups in total. The van der Waals surface area contributed by atoms with Gasteiger partial charge in [0.25, 0.3) is 0 Å². The lowest BCUT2D eigenvalue weighted by Crippen LogP contribution is -2.11. The molecule has 0 aliphatic rings. The molecule has 7 nitrogen and oxygen atoms in total. The van der Waals surface area contributed by atoms with Crippen LogP contribution in [-0.2, 0) is 4.74 Å². The molecule has 0 aliphatic carbocycles. The van der Waals surface area contributed by atoms with E-state index >= 15 is 0 Å². The minimum Gasteiger partial charge on any atom is -0.462 e. The van der Waals surface area contributed by atoms with Gasteiger partial charge >= 0.3 is 5.97 Å². The van der Waals surface area contributed by atoms with Crippen LogP contribution in [0.15, 0.2) is 18.6 Å². The fraction of sp³-hybridized carbons (Fsp3) is 0.250. The molecule has 0 amide bonds. The van der Waals surface area contributed by atoms with E-state index in [0.717, 1.165) is 5.56 Å². The highest BCUT2D eigenvalue weighted by molar-refractivity contribution is 5.93. The summed E-state index contributed by atoms with van der Waals surface area (Å²) < 4.78 is 4.84. The van der Waals surface area contributed by atoms with Gasteiger partial charge in [0.2, 0.25) is 0 Å². The molecule has 2 aromatic rings. The van der Waals surface area contributed by atoms with Crippen LogP contribution in [0.2, 0.25) is 0 Å². The number of carbonyl (C=O) groups is 1. The number of anilines is 1. The minimum atomic E-state index is -0.545. The molecule has 0 aliphatic heterocycles. The summed E-state index contributed by atoms with van der Waals surface area (Å²) >= 11 is 0. The number of aromatic nitrogens is 4. The Kier molecular flexibility index (Phi) is 3.65.